The van der Waals surface area contributed by atoms with Crippen LogP contribution in [0.4, 0.5) is 11.4 Å². The molecule has 7 nitrogen and oxygen atoms in total. The van der Waals surface area contributed by atoms with Gasteiger partial charge in [0.15, 0.2) is 13.1 Å². The number of likely N-dealkylation sites (N-methyl/N-ethyl adjacent to an activating group) is 2. The van der Waals surface area contributed by atoms with E-state index < -0.39 is 0 Å². The molecule has 0 saturated carbocycles. The zero-order valence-electron chi connectivity index (χ0n) is 17.7. The number of nitrogens with one attached hydrogen (secondary N) is 3. The number of amides is 3. The van der Waals surface area contributed by atoms with Gasteiger partial charge in [0.25, 0.3) is 11.8 Å². The first-order valence-corrected chi connectivity index (χ1v) is 10.4. The maximum Gasteiger partial charge on any atom is 0.281 e. The molecular weight excluding hydrogens is 368 g/mol. The lowest BCUT2D eigenvalue weighted by molar-refractivity contribution is -0.881. The van der Waals surface area contributed by atoms with Crippen molar-refractivity contribution < 1.29 is 19.3 Å². The molecule has 0 spiro atoms. The Hall–Kier alpha value is -2.67. The predicted octanol–water partition coefficient (Wildman–Crippen LogP) is 1.79. The Morgan fingerprint density at radius 2 is 1.66 bits per heavy atom. The summed E-state index contributed by atoms with van der Waals surface area (Å²) in [7, 11) is 0. The van der Waals surface area contributed by atoms with Crippen molar-refractivity contribution in [1.29, 1.82) is 0 Å². The molecule has 1 aliphatic carbocycles. The van der Waals surface area contributed by atoms with Crippen LogP contribution in [0, 0.1) is 0 Å². The second-order valence-corrected chi connectivity index (χ2v) is 7.34. The average Bonchev–Trinajstić information content (AvgIpc) is 2.70. The monoisotopic (exact) mass is 401 g/mol. The van der Waals surface area contributed by atoms with Crippen molar-refractivity contribution in [3.05, 3.63) is 36.0 Å². The molecule has 0 heterocycles. The van der Waals surface area contributed by atoms with Crippen LogP contribution in [0.1, 0.15) is 46.5 Å². The molecular formula is C22H33N4O3+. The summed E-state index contributed by atoms with van der Waals surface area (Å²) in [5.74, 6) is -0.203. The van der Waals surface area contributed by atoms with Crippen LogP contribution in [0.15, 0.2) is 36.0 Å². The number of nitrogens with zero attached hydrogens (tertiary/aromatic N) is 1. The quantitative estimate of drug-likeness (QED) is 0.590. The first-order chi connectivity index (χ1) is 13.9. The van der Waals surface area contributed by atoms with Crippen molar-refractivity contribution in [2.75, 3.05) is 36.8 Å². The molecule has 29 heavy (non-hydrogen) atoms. The van der Waals surface area contributed by atoms with E-state index in [-0.39, 0.29) is 24.3 Å². The zero-order valence-corrected chi connectivity index (χ0v) is 17.7. The normalized spacial score (nSPS) is 14.5. The summed E-state index contributed by atoms with van der Waals surface area (Å²) in [4.78, 5) is 39.1. The highest BCUT2D eigenvalue weighted by atomic mass is 16.2. The number of hydrogen-bond donors (Lipinski definition) is 3. The molecule has 0 aliphatic heterocycles. The van der Waals surface area contributed by atoms with Crippen LogP contribution in [-0.2, 0) is 14.4 Å². The van der Waals surface area contributed by atoms with Gasteiger partial charge in [0.1, 0.15) is 0 Å². The molecule has 1 atom stereocenters. The molecule has 1 aliphatic rings. The minimum Gasteiger partial charge on any atom is -0.326 e. The molecule has 1 unspecified atom stereocenters. The van der Waals surface area contributed by atoms with Gasteiger partial charge < -0.3 is 20.4 Å². The number of benzene rings is 1. The van der Waals surface area contributed by atoms with Gasteiger partial charge in [-0.2, -0.15) is 0 Å². The van der Waals surface area contributed by atoms with Gasteiger partial charge in [0.05, 0.1) is 6.54 Å². The molecule has 2 rings (SSSR count). The molecule has 7 heteroatoms. The number of allylic oxidation sites excluding steroid dienone is 2. The summed E-state index contributed by atoms with van der Waals surface area (Å²) in [5, 5.41) is 5.55. The van der Waals surface area contributed by atoms with Crippen LogP contribution < -0.4 is 15.5 Å². The largest absolute Gasteiger partial charge is 0.326 e. The third kappa shape index (κ3) is 7.34. The van der Waals surface area contributed by atoms with Gasteiger partial charge in [0, 0.05) is 30.5 Å². The summed E-state index contributed by atoms with van der Waals surface area (Å²) >= 11 is 0. The van der Waals surface area contributed by atoms with Crippen LogP contribution in [0.3, 0.4) is 0 Å². The lowest BCUT2D eigenvalue weighted by Crippen LogP contribution is -3.13. The Balaban J connectivity index is 1.89. The van der Waals surface area contributed by atoms with E-state index in [9.17, 15) is 14.4 Å². The maximum atomic E-state index is 12.8. The summed E-state index contributed by atoms with van der Waals surface area (Å²) in [5.41, 5.74) is 2.47. The Morgan fingerprint density at radius 1 is 1.00 bits per heavy atom. The van der Waals surface area contributed by atoms with Gasteiger partial charge in [-0.3, -0.25) is 14.4 Å². The Morgan fingerprint density at radius 3 is 2.17 bits per heavy atom. The highest BCUT2D eigenvalue weighted by Gasteiger charge is 2.23. The molecule has 158 valence electrons. The van der Waals surface area contributed by atoms with Gasteiger partial charge in [-0.25, -0.2) is 0 Å². The van der Waals surface area contributed by atoms with Crippen molar-refractivity contribution in [3.8, 4) is 0 Å². The van der Waals surface area contributed by atoms with E-state index in [1.54, 1.807) is 24.3 Å². The Labute approximate surface area is 173 Å². The lowest BCUT2D eigenvalue weighted by Gasteiger charge is -2.28. The summed E-state index contributed by atoms with van der Waals surface area (Å²) in [6.07, 6.45) is 6.48. The molecule has 1 aromatic rings. The zero-order chi connectivity index (χ0) is 21.2. The third-order valence-corrected chi connectivity index (χ3v) is 5.03. The van der Waals surface area contributed by atoms with E-state index in [1.807, 2.05) is 18.7 Å². The van der Waals surface area contributed by atoms with E-state index in [2.05, 4.69) is 16.7 Å². The SMILES string of the molecule is CCN(C(=O)C[NH+](CC)CC(=O)Nc1ccc(NC(C)=O)cc1)C1=CCCCC1. The molecule has 1 aromatic carbocycles. The van der Waals surface area contributed by atoms with Crippen LogP contribution in [0.5, 0.6) is 0 Å². The first kappa shape index (κ1) is 22.6. The second kappa shape index (κ2) is 11.4. The van der Waals surface area contributed by atoms with Crippen LogP contribution >= 0.6 is 0 Å². The molecule has 0 bridgehead atoms. The summed E-state index contributed by atoms with van der Waals surface area (Å²) in [6.45, 7) is 7.31. The van der Waals surface area contributed by atoms with Gasteiger partial charge in [-0.05, 0) is 63.8 Å². The smallest absolute Gasteiger partial charge is 0.281 e. The Bertz CT molecular complexity index is 743. The molecule has 3 N–H and O–H groups in total. The number of anilines is 2. The standard InChI is InChI=1S/C22H32N4O3/c1-4-25(16-22(29)26(5-2)20-9-7-6-8-10-20)15-21(28)24-19-13-11-18(12-14-19)23-17(3)27/h9,11-14H,4-8,10,15-16H2,1-3H3,(H,23,27)(H,24,28)/p+1. The molecule has 0 radical (unpaired) electrons. The van der Waals surface area contributed by atoms with E-state index in [0.29, 0.717) is 31.0 Å². The number of hydrogen-bond acceptors (Lipinski definition) is 3. The number of carbonyl (C=O) groups is 3. The van der Waals surface area contributed by atoms with Crippen molar-refractivity contribution in [3.63, 3.8) is 0 Å². The number of carbonyl (C=O) groups excluding carboxylic acids is 3. The third-order valence-electron chi connectivity index (χ3n) is 5.03. The fraction of sp³-hybridized carbons (Fsp3) is 0.500. The Kier molecular flexibility index (Phi) is 8.86. The molecule has 3 amide bonds. The van der Waals surface area contributed by atoms with E-state index in [1.165, 1.54) is 13.3 Å². The highest BCUT2D eigenvalue weighted by molar-refractivity contribution is 5.92. The van der Waals surface area contributed by atoms with Gasteiger partial charge in [-0.1, -0.05) is 6.08 Å². The lowest BCUT2D eigenvalue weighted by atomic mass is 10.0. The van der Waals surface area contributed by atoms with Gasteiger partial charge in [-0.15, -0.1) is 0 Å². The number of quaternary nitrogens is 1. The predicted molar refractivity (Wildman–Crippen MR) is 115 cm³/mol. The summed E-state index contributed by atoms with van der Waals surface area (Å²) < 4.78 is 0. The second-order valence-electron chi connectivity index (χ2n) is 7.34. The summed E-state index contributed by atoms with van der Waals surface area (Å²) in [6, 6.07) is 6.96. The first-order valence-electron chi connectivity index (χ1n) is 10.4. The fourth-order valence-electron chi connectivity index (χ4n) is 3.50. The van der Waals surface area contributed by atoms with E-state index >= 15 is 0 Å². The van der Waals surface area contributed by atoms with Crippen LogP contribution in [-0.4, -0.2) is 48.8 Å². The van der Waals surface area contributed by atoms with Crippen molar-refractivity contribution in [2.45, 2.75) is 46.5 Å². The molecule has 0 saturated heterocycles. The van der Waals surface area contributed by atoms with Gasteiger partial charge in [0.2, 0.25) is 5.91 Å². The minimum atomic E-state index is -0.140. The minimum absolute atomic E-state index is 0.0740. The van der Waals surface area contributed by atoms with Crippen molar-refractivity contribution in [1.82, 2.24) is 4.90 Å². The topological polar surface area (TPSA) is 83.0 Å². The highest BCUT2D eigenvalue weighted by Crippen LogP contribution is 2.20. The molecule has 0 aromatic heterocycles. The maximum absolute atomic E-state index is 12.8. The van der Waals surface area contributed by atoms with Crippen molar-refractivity contribution >= 4 is 29.1 Å². The van der Waals surface area contributed by atoms with Crippen LogP contribution in [0.2, 0.25) is 0 Å². The fourth-order valence-corrected chi connectivity index (χ4v) is 3.50. The van der Waals surface area contributed by atoms with Crippen molar-refractivity contribution in [2.24, 2.45) is 0 Å². The van der Waals surface area contributed by atoms with Crippen LogP contribution in [0.25, 0.3) is 0 Å². The average molecular weight is 402 g/mol. The van der Waals surface area contributed by atoms with Gasteiger partial charge >= 0.3 is 0 Å². The van der Waals surface area contributed by atoms with E-state index in [4.69, 9.17) is 0 Å². The number of rotatable bonds is 9. The van der Waals surface area contributed by atoms with E-state index in [0.717, 1.165) is 29.9 Å². The molecule has 0 fully saturated rings.